The second kappa shape index (κ2) is 16.1. The van der Waals surface area contributed by atoms with E-state index in [0.717, 1.165) is 35.3 Å². The number of aryl methyl sites for hydroxylation is 1. The summed E-state index contributed by atoms with van der Waals surface area (Å²) in [6.45, 7) is 8.41. The lowest BCUT2D eigenvalue weighted by molar-refractivity contribution is 0.0798. The van der Waals surface area contributed by atoms with Crippen molar-refractivity contribution in [3.05, 3.63) is 87.0 Å². The van der Waals surface area contributed by atoms with Crippen molar-refractivity contribution in [1.82, 2.24) is 15.2 Å². The summed E-state index contributed by atoms with van der Waals surface area (Å²) in [5.74, 6) is -1.20. The fourth-order valence-corrected chi connectivity index (χ4v) is 5.74. The second-order valence-corrected chi connectivity index (χ2v) is 11.8. The highest BCUT2D eigenvalue weighted by Gasteiger charge is 2.24. The van der Waals surface area contributed by atoms with E-state index in [1.165, 1.54) is 42.1 Å². The number of pyridine rings is 1. The van der Waals surface area contributed by atoms with E-state index >= 15 is 4.39 Å². The number of thioether (sulfide) groups is 1. The van der Waals surface area contributed by atoms with E-state index in [2.05, 4.69) is 22.2 Å². The number of nitrogens with zero attached hydrogens (tertiary/aromatic N) is 2. The van der Waals surface area contributed by atoms with Gasteiger partial charge < -0.3 is 30.7 Å². The van der Waals surface area contributed by atoms with Crippen LogP contribution >= 0.6 is 11.8 Å². The molecular weight excluding hydrogens is 593 g/mol. The number of amidine groups is 1. The minimum absolute atomic E-state index is 0.160. The largest absolute Gasteiger partial charge is 0.494 e. The van der Waals surface area contributed by atoms with E-state index in [1.807, 2.05) is 26.0 Å². The quantitative estimate of drug-likeness (QED) is 0.119. The third kappa shape index (κ3) is 8.61. The third-order valence-electron chi connectivity index (χ3n) is 7.20. The highest BCUT2D eigenvalue weighted by Crippen LogP contribution is 2.40. The molecule has 0 atom stereocenters. The number of anilines is 1. The van der Waals surface area contributed by atoms with Gasteiger partial charge in [-0.1, -0.05) is 30.5 Å². The van der Waals surface area contributed by atoms with E-state index < -0.39 is 11.7 Å². The first-order chi connectivity index (χ1) is 21.4. The summed E-state index contributed by atoms with van der Waals surface area (Å²) in [6.07, 6.45) is 7.59. The van der Waals surface area contributed by atoms with Crippen LogP contribution in [0.25, 0.3) is 11.1 Å². The van der Waals surface area contributed by atoms with Gasteiger partial charge in [-0.25, -0.2) is 9.37 Å². The zero-order chi connectivity index (χ0) is 33.3. The Morgan fingerprint density at radius 3 is 2.53 bits per heavy atom. The zero-order valence-corrected chi connectivity index (χ0v) is 27.5. The first-order valence-electron chi connectivity index (χ1n) is 14.4. The Labute approximate surface area is 268 Å². The van der Waals surface area contributed by atoms with Crippen molar-refractivity contribution in [2.45, 2.75) is 33.1 Å². The number of carbonyl (C=O) groups excluding carboxylic acids is 1. The van der Waals surface area contributed by atoms with E-state index in [-0.39, 0.29) is 23.8 Å². The number of ether oxygens (including phenoxy) is 2. The lowest BCUT2D eigenvalue weighted by Crippen LogP contribution is -2.29. The molecule has 1 saturated carbocycles. The Morgan fingerprint density at radius 1 is 1.29 bits per heavy atom. The minimum atomic E-state index is -0.777. The molecule has 45 heavy (non-hydrogen) atoms. The molecule has 0 bridgehead atoms. The lowest BCUT2D eigenvalue weighted by atomic mass is 9.88. The lowest BCUT2D eigenvalue weighted by Gasteiger charge is -2.25. The minimum Gasteiger partial charge on any atom is -0.494 e. The number of carbonyl (C=O) groups is 1. The Kier molecular flexibility index (Phi) is 12.5. The smallest absolute Gasteiger partial charge is 0.275 e. The van der Waals surface area contributed by atoms with Crippen LogP contribution < -0.4 is 21.1 Å². The van der Waals surface area contributed by atoms with Crippen LogP contribution in [0.4, 0.5) is 10.1 Å². The molecule has 1 aliphatic rings. The van der Waals surface area contributed by atoms with E-state index in [0.29, 0.717) is 45.5 Å². The number of rotatable bonds is 15. The molecule has 0 saturated heterocycles. The Morgan fingerprint density at radius 2 is 2.00 bits per heavy atom. The number of allylic oxidation sites excluding steroid dienone is 2. The number of likely N-dealkylation sites (N-methyl/N-ethyl adjacent to an activating group) is 1. The van der Waals surface area contributed by atoms with Gasteiger partial charge in [0.25, 0.3) is 5.91 Å². The van der Waals surface area contributed by atoms with Gasteiger partial charge in [0.1, 0.15) is 17.3 Å². The van der Waals surface area contributed by atoms with Gasteiger partial charge in [0, 0.05) is 54.4 Å². The summed E-state index contributed by atoms with van der Waals surface area (Å²) in [5, 5.41) is 23.1. The predicted molar refractivity (Wildman–Crippen MR) is 182 cm³/mol. The van der Waals surface area contributed by atoms with Crippen molar-refractivity contribution < 1.29 is 18.7 Å². The number of nitrogens with two attached hydrogens (primary N) is 1. The van der Waals surface area contributed by atoms with Crippen LogP contribution in [-0.4, -0.2) is 68.8 Å². The average Bonchev–Trinajstić information content (AvgIpc) is 2.97. The Bertz CT molecular complexity index is 1580. The van der Waals surface area contributed by atoms with E-state index in [4.69, 9.17) is 26.0 Å². The van der Waals surface area contributed by atoms with Gasteiger partial charge in [0.15, 0.2) is 11.5 Å². The molecular formula is C33H42FN7O3S. The molecule has 0 unspecified atom stereocenters. The monoisotopic (exact) mass is 635 g/mol. The number of amides is 1. The van der Waals surface area contributed by atoms with Crippen LogP contribution in [0.1, 0.15) is 42.2 Å². The predicted octanol–water partition coefficient (Wildman–Crippen LogP) is 5.98. The summed E-state index contributed by atoms with van der Waals surface area (Å²) in [5.41, 5.74) is 9.91. The summed E-state index contributed by atoms with van der Waals surface area (Å²) >= 11 is 1.41. The van der Waals surface area contributed by atoms with Crippen LogP contribution in [0.2, 0.25) is 0 Å². The number of aromatic nitrogens is 1. The molecule has 10 nitrogen and oxygen atoms in total. The number of hydrogen-bond donors (Lipinski definition) is 5. The van der Waals surface area contributed by atoms with Gasteiger partial charge in [0.05, 0.1) is 37.3 Å². The molecule has 0 aliphatic heterocycles. The van der Waals surface area contributed by atoms with Crippen molar-refractivity contribution in [2.24, 2.45) is 5.73 Å². The Hall–Kier alpha value is -4.42. The number of halogens is 1. The van der Waals surface area contributed by atoms with Crippen LogP contribution in [-0.2, 0) is 4.74 Å². The van der Waals surface area contributed by atoms with Crippen molar-refractivity contribution in [3.8, 4) is 16.9 Å². The fourth-order valence-electron chi connectivity index (χ4n) is 4.82. The molecule has 2 aromatic rings. The summed E-state index contributed by atoms with van der Waals surface area (Å²) in [4.78, 5) is 20.4. The number of methoxy groups -OCH3 is 2. The van der Waals surface area contributed by atoms with Crippen molar-refractivity contribution >= 4 is 34.9 Å². The van der Waals surface area contributed by atoms with E-state index in [1.54, 1.807) is 27.3 Å². The first-order valence-corrected chi connectivity index (χ1v) is 15.2. The maximum absolute atomic E-state index is 15.5. The second-order valence-electron chi connectivity index (χ2n) is 10.5. The van der Waals surface area contributed by atoms with Gasteiger partial charge in [0.2, 0.25) is 0 Å². The van der Waals surface area contributed by atoms with Crippen molar-refractivity contribution in [2.75, 3.05) is 46.8 Å². The fraction of sp³-hybridized carbons (Fsp3) is 0.333. The van der Waals surface area contributed by atoms with Crippen LogP contribution in [0.5, 0.6) is 5.75 Å². The topological polar surface area (TPSA) is 149 Å². The molecule has 1 aromatic heterocycles. The standard InChI is InChI=1S/C33H42FN7O3S/c1-8-23(18-43-6)45-20(3)17-41(5)33(42)31-24(34)14-22(16-39-31)28-19(2)12-13-25(32(28)44-7)40-26(15-27(35)36)29(37)30(38-4)21-10-9-11-21/h8,12-16,37-38,40H,3,9-11,17-18H2,1-2,4-7H3,(H3,35,36)/b23-8-,26-15+,37-29?. The SMILES string of the molecule is C=C(CN(C)C(=O)c1ncc(-c2c(C)ccc(N/C(=C/C(=N)N)C(=N)C(NC)=C3CCC3)c2OC)cc1F)S/C(=C\C)COC. The van der Waals surface area contributed by atoms with E-state index in [9.17, 15) is 4.79 Å². The summed E-state index contributed by atoms with van der Waals surface area (Å²) in [7, 11) is 6.43. The molecule has 1 amide bonds. The van der Waals surface area contributed by atoms with Crippen LogP contribution in [0.3, 0.4) is 0 Å². The van der Waals surface area contributed by atoms with Crippen molar-refractivity contribution in [1.29, 1.82) is 10.8 Å². The summed E-state index contributed by atoms with van der Waals surface area (Å²) in [6, 6.07) is 4.87. The molecule has 1 heterocycles. The van der Waals surface area contributed by atoms with Crippen LogP contribution in [0, 0.1) is 23.6 Å². The third-order valence-corrected chi connectivity index (χ3v) is 8.23. The molecule has 1 fully saturated rings. The number of hydrogen-bond acceptors (Lipinski definition) is 9. The molecule has 1 aromatic carbocycles. The highest BCUT2D eigenvalue weighted by atomic mass is 32.2. The average molecular weight is 636 g/mol. The van der Waals surface area contributed by atoms with Gasteiger partial charge in [-0.05, 0) is 56.4 Å². The Balaban J connectivity index is 1.92. The van der Waals surface area contributed by atoms with Crippen molar-refractivity contribution in [3.63, 3.8) is 0 Å². The van der Waals surface area contributed by atoms with Gasteiger partial charge in [-0.3, -0.25) is 15.6 Å². The van der Waals surface area contributed by atoms with Crippen LogP contribution in [0.15, 0.2) is 69.9 Å². The molecule has 6 N–H and O–H groups in total. The summed E-state index contributed by atoms with van der Waals surface area (Å²) < 4.78 is 26.5. The van der Waals surface area contributed by atoms with Gasteiger partial charge in [-0.15, -0.1) is 0 Å². The molecule has 12 heteroatoms. The zero-order valence-electron chi connectivity index (χ0n) is 26.7. The number of nitrogens with one attached hydrogen (secondary N) is 4. The molecule has 0 radical (unpaired) electrons. The molecule has 3 rings (SSSR count). The highest BCUT2D eigenvalue weighted by molar-refractivity contribution is 8.06. The van der Waals surface area contributed by atoms with Gasteiger partial charge >= 0.3 is 0 Å². The normalized spacial score (nSPS) is 13.1. The van der Waals surface area contributed by atoms with Gasteiger partial charge in [-0.2, -0.15) is 0 Å². The molecule has 240 valence electrons. The molecule has 0 spiro atoms. The number of benzene rings is 1. The maximum atomic E-state index is 15.5. The maximum Gasteiger partial charge on any atom is 0.275 e. The first kappa shape index (κ1) is 35.1. The molecule has 1 aliphatic carbocycles.